The predicted molar refractivity (Wildman–Crippen MR) is 84.1 cm³/mol. The molecule has 0 radical (unpaired) electrons. The highest BCUT2D eigenvalue weighted by Crippen LogP contribution is 2.26. The van der Waals surface area contributed by atoms with Gasteiger partial charge in [0.25, 0.3) is 0 Å². The molecule has 1 N–H and O–H groups in total. The van der Waals surface area contributed by atoms with Crippen LogP contribution in [0.2, 0.25) is 0 Å². The summed E-state index contributed by atoms with van der Waals surface area (Å²) in [5, 5.41) is 13.9. The van der Waals surface area contributed by atoms with Gasteiger partial charge in [-0.25, -0.2) is 0 Å². The first kappa shape index (κ1) is 15.9. The Labute approximate surface area is 131 Å². The summed E-state index contributed by atoms with van der Waals surface area (Å²) in [7, 11) is 0. The number of hydrogen-bond donors (Lipinski definition) is 1. The molecule has 1 aliphatic heterocycles. The van der Waals surface area contributed by atoms with Gasteiger partial charge in [0.2, 0.25) is 0 Å². The van der Waals surface area contributed by atoms with Crippen LogP contribution in [0.25, 0.3) is 0 Å². The van der Waals surface area contributed by atoms with Crippen molar-refractivity contribution >= 4 is 33.7 Å². The molecular weight excluding hydrogens is 342 g/mol. The Bertz CT molecular complexity index is 492. The highest BCUT2D eigenvalue weighted by atomic mass is 79.9. The number of thioether (sulfide) groups is 1. The van der Waals surface area contributed by atoms with Gasteiger partial charge in [0.1, 0.15) is 6.04 Å². The fourth-order valence-corrected chi connectivity index (χ4v) is 4.21. The van der Waals surface area contributed by atoms with Crippen molar-refractivity contribution in [2.75, 3.05) is 18.1 Å². The van der Waals surface area contributed by atoms with E-state index < -0.39 is 12.0 Å². The molecule has 5 nitrogen and oxygen atoms in total. The third kappa shape index (κ3) is 3.20. The minimum absolute atomic E-state index is 0.397. The van der Waals surface area contributed by atoms with Gasteiger partial charge in [-0.05, 0) is 29.3 Å². The molecule has 1 aromatic rings. The number of aromatic nitrogens is 2. The second-order valence-electron chi connectivity index (χ2n) is 4.78. The van der Waals surface area contributed by atoms with E-state index in [1.54, 1.807) is 11.8 Å². The molecule has 0 aromatic carbocycles. The molecule has 1 aromatic heterocycles. The van der Waals surface area contributed by atoms with Gasteiger partial charge in [0.15, 0.2) is 0 Å². The molecule has 1 saturated heterocycles. The SMILES string of the molecule is CCc1nn(CC)c(CN2CCSCC2C(=O)O)c1Br. The van der Waals surface area contributed by atoms with Crippen molar-refractivity contribution in [3.8, 4) is 0 Å². The Morgan fingerprint density at radius 3 is 2.90 bits per heavy atom. The number of halogens is 1. The van der Waals surface area contributed by atoms with Gasteiger partial charge in [0.05, 0.1) is 15.9 Å². The summed E-state index contributed by atoms with van der Waals surface area (Å²) < 4.78 is 3.01. The lowest BCUT2D eigenvalue weighted by atomic mass is 10.2. The summed E-state index contributed by atoms with van der Waals surface area (Å²) in [6, 6.07) is -0.397. The second-order valence-corrected chi connectivity index (χ2v) is 6.72. The van der Waals surface area contributed by atoms with Crippen LogP contribution in [0.3, 0.4) is 0 Å². The minimum atomic E-state index is -0.730. The molecule has 20 heavy (non-hydrogen) atoms. The highest BCUT2D eigenvalue weighted by Gasteiger charge is 2.30. The molecule has 1 atom stereocenters. The summed E-state index contributed by atoms with van der Waals surface area (Å²) in [4.78, 5) is 13.4. The van der Waals surface area contributed by atoms with Crippen molar-refractivity contribution in [2.45, 2.75) is 39.4 Å². The molecular formula is C13H20BrN3O2S. The Hall–Kier alpha value is -0.530. The maximum Gasteiger partial charge on any atom is 0.321 e. The largest absolute Gasteiger partial charge is 0.480 e. The van der Waals surface area contributed by atoms with Crippen LogP contribution >= 0.6 is 27.7 Å². The molecule has 0 aliphatic carbocycles. The van der Waals surface area contributed by atoms with E-state index >= 15 is 0 Å². The van der Waals surface area contributed by atoms with Crippen molar-refractivity contribution in [1.82, 2.24) is 14.7 Å². The van der Waals surface area contributed by atoms with Crippen LogP contribution in [0.4, 0.5) is 0 Å². The van der Waals surface area contributed by atoms with Crippen molar-refractivity contribution in [2.24, 2.45) is 0 Å². The Morgan fingerprint density at radius 2 is 2.30 bits per heavy atom. The van der Waals surface area contributed by atoms with E-state index in [-0.39, 0.29) is 0 Å². The van der Waals surface area contributed by atoms with E-state index in [1.165, 1.54) is 0 Å². The van der Waals surface area contributed by atoms with Gasteiger partial charge in [0, 0.05) is 31.1 Å². The zero-order chi connectivity index (χ0) is 14.7. The third-order valence-electron chi connectivity index (χ3n) is 3.57. The van der Waals surface area contributed by atoms with Crippen LogP contribution in [0.15, 0.2) is 4.47 Å². The quantitative estimate of drug-likeness (QED) is 0.871. The number of hydrogen-bond acceptors (Lipinski definition) is 4. The summed E-state index contributed by atoms with van der Waals surface area (Å²) in [6.07, 6.45) is 0.874. The number of aryl methyl sites for hydroxylation is 2. The van der Waals surface area contributed by atoms with E-state index in [1.807, 2.05) is 9.58 Å². The standard InChI is InChI=1S/C13H20BrN3O2S/c1-3-9-12(14)10(17(4-2)15-9)7-16-5-6-20-8-11(16)13(18)19/h11H,3-8H2,1-2H3,(H,18,19). The Balaban J connectivity index is 2.23. The number of aliphatic carboxylic acids is 1. The van der Waals surface area contributed by atoms with E-state index in [4.69, 9.17) is 0 Å². The average Bonchev–Trinajstić information content (AvgIpc) is 2.75. The minimum Gasteiger partial charge on any atom is -0.480 e. The van der Waals surface area contributed by atoms with Crippen LogP contribution in [0.1, 0.15) is 25.2 Å². The van der Waals surface area contributed by atoms with Crippen LogP contribution in [-0.4, -0.2) is 49.8 Å². The van der Waals surface area contributed by atoms with Crippen molar-refractivity contribution in [3.05, 3.63) is 15.9 Å². The average molecular weight is 362 g/mol. The molecule has 1 aliphatic rings. The lowest BCUT2D eigenvalue weighted by Gasteiger charge is -2.32. The number of nitrogens with zero attached hydrogens (tertiary/aromatic N) is 3. The van der Waals surface area contributed by atoms with Crippen LogP contribution in [-0.2, 0) is 24.3 Å². The number of carboxylic acid groups (broad SMARTS) is 1. The Morgan fingerprint density at radius 1 is 1.55 bits per heavy atom. The van der Waals surface area contributed by atoms with Crippen LogP contribution in [0, 0.1) is 0 Å². The molecule has 1 fully saturated rings. The van der Waals surface area contributed by atoms with Gasteiger partial charge >= 0.3 is 5.97 Å². The summed E-state index contributed by atoms with van der Waals surface area (Å²) in [5.74, 6) is 0.919. The zero-order valence-corrected chi connectivity index (χ0v) is 14.2. The smallest absolute Gasteiger partial charge is 0.321 e. The topological polar surface area (TPSA) is 58.4 Å². The number of rotatable bonds is 5. The summed E-state index contributed by atoms with van der Waals surface area (Å²) in [6.45, 7) is 6.38. The monoisotopic (exact) mass is 361 g/mol. The lowest BCUT2D eigenvalue weighted by Crippen LogP contribution is -2.47. The first-order valence-electron chi connectivity index (χ1n) is 6.87. The molecule has 0 amide bonds. The third-order valence-corrected chi connectivity index (χ3v) is 5.51. The lowest BCUT2D eigenvalue weighted by molar-refractivity contribution is -0.142. The molecule has 1 unspecified atom stereocenters. The van der Waals surface area contributed by atoms with Crippen molar-refractivity contribution in [1.29, 1.82) is 0 Å². The van der Waals surface area contributed by atoms with E-state index in [9.17, 15) is 9.90 Å². The van der Waals surface area contributed by atoms with Gasteiger partial charge in [-0.3, -0.25) is 14.4 Å². The van der Waals surface area contributed by atoms with E-state index in [0.717, 1.165) is 41.1 Å². The van der Waals surface area contributed by atoms with Gasteiger partial charge < -0.3 is 5.11 Å². The van der Waals surface area contributed by atoms with Crippen LogP contribution < -0.4 is 0 Å². The van der Waals surface area contributed by atoms with Crippen molar-refractivity contribution < 1.29 is 9.90 Å². The van der Waals surface area contributed by atoms with Gasteiger partial charge in [-0.2, -0.15) is 16.9 Å². The zero-order valence-electron chi connectivity index (χ0n) is 11.8. The van der Waals surface area contributed by atoms with E-state index in [0.29, 0.717) is 12.3 Å². The maximum atomic E-state index is 11.4. The summed E-state index contributed by atoms with van der Waals surface area (Å²) >= 11 is 5.34. The molecule has 2 rings (SSSR count). The molecule has 0 spiro atoms. The highest BCUT2D eigenvalue weighted by molar-refractivity contribution is 9.10. The molecule has 0 bridgehead atoms. The number of carbonyl (C=O) groups is 1. The molecule has 112 valence electrons. The van der Waals surface area contributed by atoms with Crippen molar-refractivity contribution in [3.63, 3.8) is 0 Å². The molecule has 7 heteroatoms. The molecule has 0 saturated carbocycles. The first-order chi connectivity index (χ1) is 9.58. The predicted octanol–water partition coefficient (Wildman–Crippen LogP) is 2.23. The maximum absolute atomic E-state index is 11.4. The normalized spacial score (nSPS) is 20.2. The second kappa shape index (κ2) is 6.95. The van der Waals surface area contributed by atoms with Gasteiger partial charge in [-0.1, -0.05) is 6.92 Å². The summed E-state index contributed by atoms with van der Waals surface area (Å²) in [5.41, 5.74) is 2.13. The Kier molecular flexibility index (Phi) is 5.51. The fraction of sp³-hybridized carbons (Fsp3) is 0.692. The first-order valence-corrected chi connectivity index (χ1v) is 8.81. The molecule has 2 heterocycles. The number of carboxylic acids is 1. The van der Waals surface area contributed by atoms with E-state index in [2.05, 4.69) is 34.9 Å². The van der Waals surface area contributed by atoms with Gasteiger partial charge in [-0.15, -0.1) is 0 Å². The van der Waals surface area contributed by atoms with Crippen LogP contribution in [0.5, 0.6) is 0 Å². The fourth-order valence-electron chi connectivity index (χ4n) is 2.42.